The second-order valence-corrected chi connectivity index (χ2v) is 6.68. The van der Waals surface area contributed by atoms with Gasteiger partial charge in [-0.15, -0.1) is 0 Å². The standard InChI is InChI=1S/C17H23NO/c19-17(16-6-3-9-18-16)14-7-8-15(17)11-13-5-2-1-4-12(13)10-14/h1-2,4-5,14-16,18-19H,3,6-11H2. The van der Waals surface area contributed by atoms with Crippen LogP contribution in [0.25, 0.3) is 0 Å². The molecule has 1 aromatic carbocycles. The number of benzene rings is 1. The summed E-state index contributed by atoms with van der Waals surface area (Å²) in [6, 6.07) is 9.14. The Hall–Kier alpha value is -0.860. The zero-order valence-electron chi connectivity index (χ0n) is 11.4. The highest BCUT2D eigenvalue weighted by Crippen LogP contribution is 2.50. The van der Waals surface area contributed by atoms with Crippen molar-refractivity contribution in [2.75, 3.05) is 6.54 Å². The van der Waals surface area contributed by atoms with Gasteiger partial charge in [-0.25, -0.2) is 0 Å². The van der Waals surface area contributed by atoms with Crippen LogP contribution in [0, 0.1) is 11.8 Å². The molecule has 0 amide bonds. The van der Waals surface area contributed by atoms with Crippen LogP contribution in [0.15, 0.2) is 24.3 Å². The summed E-state index contributed by atoms with van der Waals surface area (Å²) in [5, 5.41) is 15.0. The lowest BCUT2D eigenvalue weighted by molar-refractivity contribution is -0.0607. The molecule has 2 bridgehead atoms. The van der Waals surface area contributed by atoms with Gasteiger partial charge in [0.05, 0.1) is 5.60 Å². The number of aliphatic hydroxyl groups is 1. The van der Waals surface area contributed by atoms with Crippen LogP contribution < -0.4 is 5.32 Å². The van der Waals surface area contributed by atoms with E-state index in [2.05, 4.69) is 29.6 Å². The third-order valence-corrected chi connectivity index (χ3v) is 5.84. The molecule has 2 nitrogen and oxygen atoms in total. The smallest absolute Gasteiger partial charge is 0.0862 e. The average Bonchev–Trinajstić information content (AvgIpc) is 2.99. The van der Waals surface area contributed by atoms with Gasteiger partial charge in [-0.2, -0.15) is 0 Å². The highest BCUT2D eigenvalue weighted by Gasteiger charge is 2.55. The van der Waals surface area contributed by atoms with Crippen molar-refractivity contribution in [1.82, 2.24) is 5.32 Å². The van der Waals surface area contributed by atoms with Crippen LogP contribution in [-0.4, -0.2) is 23.3 Å². The summed E-state index contributed by atoms with van der Waals surface area (Å²) in [6.07, 6.45) is 6.92. The van der Waals surface area contributed by atoms with Gasteiger partial charge in [0.1, 0.15) is 0 Å². The first-order valence-electron chi connectivity index (χ1n) is 7.81. The normalized spacial score (nSPS) is 41.0. The predicted octanol–water partition coefficient (Wildman–Crippen LogP) is 2.29. The Morgan fingerprint density at radius 1 is 1.00 bits per heavy atom. The van der Waals surface area contributed by atoms with E-state index in [0.29, 0.717) is 17.9 Å². The van der Waals surface area contributed by atoms with Crippen LogP contribution in [0.2, 0.25) is 0 Å². The zero-order chi connectivity index (χ0) is 12.9. The first-order chi connectivity index (χ1) is 9.28. The maximum absolute atomic E-state index is 11.5. The lowest BCUT2D eigenvalue weighted by Crippen LogP contribution is -2.54. The lowest BCUT2D eigenvalue weighted by atomic mass is 9.76. The van der Waals surface area contributed by atoms with E-state index < -0.39 is 5.60 Å². The highest BCUT2D eigenvalue weighted by molar-refractivity contribution is 5.32. The molecule has 0 radical (unpaired) electrons. The molecule has 1 heterocycles. The number of rotatable bonds is 1. The van der Waals surface area contributed by atoms with Crippen LogP contribution in [0.4, 0.5) is 0 Å². The third kappa shape index (κ3) is 1.70. The molecule has 4 rings (SSSR count). The molecule has 2 fully saturated rings. The minimum Gasteiger partial charge on any atom is -0.388 e. The lowest BCUT2D eigenvalue weighted by Gasteiger charge is -2.39. The molecule has 1 aliphatic heterocycles. The molecular weight excluding hydrogens is 234 g/mol. The molecule has 2 heteroatoms. The van der Waals surface area contributed by atoms with Crippen LogP contribution in [0.1, 0.15) is 36.8 Å². The number of fused-ring (bicyclic) bond motifs is 3. The fourth-order valence-corrected chi connectivity index (χ4v) is 4.86. The Bertz CT molecular complexity index is 445. The summed E-state index contributed by atoms with van der Waals surface area (Å²) in [6.45, 7) is 1.08. The van der Waals surface area contributed by atoms with Gasteiger partial charge >= 0.3 is 0 Å². The fraction of sp³-hybridized carbons (Fsp3) is 0.647. The highest BCUT2D eigenvalue weighted by atomic mass is 16.3. The summed E-state index contributed by atoms with van der Waals surface area (Å²) in [7, 11) is 0. The monoisotopic (exact) mass is 257 g/mol. The van der Waals surface area contributed by atoms with E-state index in [0.717, 1.165) is 25.8 Å². The summed E-state index contributed by atoms with van der Waals surface area (Å²) >= 11 is 0. The van der Waals surface area contributed by atoms with E-state index in [1.54, 1.807) is 0 Å². The molecule has 3 atom stereocenters. The maximum Gasteiger partial charge on any atom is 0.0862 e. The second kappa shape index (κ2) is 4.32. The Morgan fingerprint density at radius 2 is 1.63 bits per heavy atom. The molecule has 102 valence electrons. The SMILES string of the molecule is OC1(C2CCCN2)C2CCC1Cc1ccccc1C2. The second-order valence-electron chi connectivity index (χ2n) is 6.68. The van der Waals surface area contributed by atoms with Gasteiger partial charge < -0.3 is 10.4 Å². The molecule has 3 aliphatic rings. The topological polar surface area (TPSA) is 32.3 Å². The Labute approximate surface area is 115 Å². The molecule has 1 saturated heterocycles. The Morgan fingerprint density at radius 3 is 2.16 bits per heavy atom. The summed E-state index contributed by atoms with van der Waals surface area (Å²) in [5.41, 5.74) is 2.49. The van der Waals surface area contributed by atoms with Gasteiger partial charge in [0.2, 0.25) is 0 Å². The average molecular weight is 257 g/mol. The van der Waals surface area contributed by atoms with Crippen molar-refractivity contribution in [3.8, 4) is 0 Å². The molecule has 1 aromatic rings. The van der Waals surface area contributed by atoms with Gasteiger partial charge in [-0.1, -0.05) is 24.3 Å². The minimum atomic E-state index is -0.463. The number of hydrogen-bond donors (Lipinski definition) is 2. The van der Waals surface area contributed by atoms with Crippen molar-refractivity contribution in [3.05, 3.63) is 35.4 Å². The van der Waals surface area contributed by atoms with E-state index in [1.165, 1.54) is 30.4 Å². The van der Waals surface area contributed by atoms with Crippen molar-refractivity contribution >= 4 is 0 Å². The van der Waals surface area contributed by atoms with Crippen LogP contribution in [0.5, 0.6) is 0 Å². The molecule has 0 spiro atoms. The summed E-state index contributed by atoms with van der Waals surface area (Å²) in [4.78, 5) is 0. The number of nitrogens with one attached hydrogen (secondary N) is 1. The van der Waals surface area contributed by atoms with Crippen LogP contribution >= 0.6 is 0 Å². The first-order valence-corrected chi connectivity index (χ1v) is 7.81. The zero-order valence-corrected chi connectivity index (χ0v) is 11.4. The quantitative estimate of drug-likeness (QED) is 0.809. The molecule has 2 N–H and O–H groups in total. The molecule has 19 heavy (non-hydrogen) atoms. The van der Waals surface area contributed by atoms with Gasteiger partial charge in [-0.05, 0) is 68.0 Å². The maximum atomic E-state index is 11.5. The molecule has 2 aliphatic carbocycles. The van der Waals surface area contributed by atoms with Crippen LogP contribution in [-0.2, 0) is 12.8 Å². The largest absolute Gasteiger partial charge is 0.388 e. The predicted molar refractivity (Wildman–Crippen MR) is 76.0 cm³/mol. The van der Waals surface area contributed by atoms with E-state index in [1.807, 2.05) is 0 Å². The van der Waals surface area contributed by atoms with Gasteiger partial charge in [0, 0.05) is 6.04 Å². The fourth-order valence-electron chi connectivity index (χ4n) is 4.86. The first kappa shape index (κ1) is 11.9. The van der Waals surface area contributed by atoms with Crippen LogP contribution in [0.3, 0.4) is 0 Å². The summed E-state index contributed by atoms with van der Waals surface area (Å²) in [5.74, 6) is 0.911. The van der Waals surface area contributed by atoms with E-state index in [9.17, 15) is 5.11 Å². The van der Waals surface area contributed by atoms with E-state index >= 15 is 0 Å². The molecular formula is C17H23NO. The molecule has 3 unspecified atom stereocenters. The van der Waals surface area contributed by atoms with Gasteiger partial charge in [0.25, 0.3) is 0 Å². The van der Waals surface area contributed by atoms with Gasteiger partial charge in [-0.3, -0.25) is 0 Å². The van der Waals surface area contributed by atoms with Crippen molar-refractivity contribution in [1.29, 1.82) is 0 Å². The molecule has 1 saturated carbocycles. The van der Waals surface area contributed by atoms with E-state index in [4.69, 9.17) is 0 Å². The van der Waals surface area contributed by atoms with Crippen molar-refractivity contribution < 1.29 is 5.11 Å². The minimum absolute atomic E-state index is 0.333. The number of hydrogen-bond acceptors (Lipinski definition) is 2. The Balaban J connectivity index is 1.73. The molecule has 0 aromatic heterocycles. The summed E-state index contributed by atoms with van der Waals surface area (Å²) < 4.78 is 0. The van der Waals surface area contributed by atoms with E-state index in [-0.39, 0.29) is 0 Å². The third-order valence-electron chi connectivity index (χ3n) is 5.84. The van der Waals surface area contributed by atoms with Crippen molar-refractivity contribution in [3.63, 3.8) is 0 Å². The Kier molecular flexibility index (Phi) is 2.71. The van der Waals surface area contributed by atoms with Crippen molar-refractivity contribution in [2.24, 2.45) is 11.8 Å². The van der Waals surface area contributed by atoms with Gasteiger partial charge in [0.15, 0.2) is 0 Å². The van der Waals surface area contributed by atoms with Crippen molar-refractivity contribution in [2.45, 2.75) is 50.2 Å².